The molecule has 1 aromatic carbocycles. The molecule has 2 aromatic heterocycles. The van der Waals surface area contributed by atoms with Gasteiger partial charge in [-0.2, -0.15) is 0 Å². The van der Waals surface area contributed by atoms with Crippen LogP contribution in [0.5, 0.6) is 0 Å². The van der Waals surface area contributed by atoms with Crippen LogP contribution in [0.2, 0.25) is 0 Å². The largest absolute Gasteiger partial charge is 0.419 e. The lowest BCUT2D eigenvalue weighted by Crippen LogP contribution is -2.00. The van der Waals surface area contributed by atoms with Crippen LogP contribution in [0.25, 0.3) is 11.5 Å². The minimum Gasteiger partial charge on any atom is -0.419 e. The topological polar surface area (TPSA) is 95.7 Å². The van der Waals surface area contributed by atoms with Gasteiger partial charge in [-0.1, -0.05) is 23.4 Å². The summed E-state index contributed by atoms with van der Waals surface area (Å²) < 4.78 is 7.07. The number of anilines is 1. The van der Waals surface area contributed by atoms with Gasteiger partial charge in [-0.3, -0.25) is 0 Å². The average Bonchev–Trinajstić information content (AvgIpc) is 3.01. The van der Waals surface area contributed by atoms with Crippen molar-refractivity contribution in [3.63, 3.8) is 0 Å². The fourth-order valence-corrected chi connectivity index (χ4v) is 1.54. The molecule has 2 N–H and O–H groups in total. The summed E-state index contributed by atoms with van der Waals surface area (Å²) in [4.78, 5) is 0. The molecule has 0 spiro atoms. The van der Waals surface area contributed by atoms with Crippen molar-refractivity contribution in [1.29, 1.82) is 0 Å². The number of hydrogen-bond donors (Lipinski definition) is 1. The normalized spacial score (nSPS) is 10.7. The van der Waals surface area contributed by atoms with Crippen molar-refractivity contribution in [2.45, 2.75) is 6.54 Å². The van der Waals surface area contributed by atoms with Crippen molar-refractivity contribution in [1.82, 2.24) is 25.2 Å². The molecule has 7 nitrogen and oxygen atoms in total. The highest BCUT2D eigenvalue weighted by Gasteiger charge is 2.09. The molecule has 0 aliphatic carbocycles. The summed E-state index contributed by atoms with van der Waals surface area (Å²) in [5.41, 5.74) is 6.35. The molecule has 7 heteroatoms. The van der Waals surface area contributed by atoms with E-state index in [9.17, 15) is 0 Å². The van der Waals surface area contributed by atoms with E-state index in [0.29, 0.717) is 24.1 Å². The predicted octanol–water partition coefficient (Wildman–Crippen LogP) is 0.959. The van der Waals surface area contributed by atoms with Crippen LogP contribution in [0.15, 0.2) is 40.9 Å². The molecule has 3 aromatic rings. The summed E-state index contributed by atoms with van der Waals surface area (Å²) in [6.07, 6.45) is 1.60. The number of nitrogens with zero attached hydrogens (tertiary/aromatic N) is 5. The zero-order valence-corrected chi connectivity index (χ0v) is 9.39. The van der Waals surface area contributed by atoms with E-state index in [0.717, 1.165) is 5.56 Å². The van der Waals surface area contributed by atoms with Crippen LogP contribution in [0.4, 0.5) is 5.82 Å². The Morgan fingerprint density at radius 3 is 2.67 bits per heavy atom. The van der Waals surface area contributed by atoms with Crippen LogP contribution in [-0.2, 0) is 6.54 Å². The van der Waals surface area contributed by atoms with Gasteiger partial charge in [-0.25, -0.2) is 4.68 Å². The minimum absolute atomic E-state index is 0.351. The molecule has 18 heavy (non-hydrogen) atoms. The average molecular weight is 242 g/mol. The van der Waals surface area contributed by atoms with Gasteiger partial charge in [0.05, 0.1) is 6.20 Å². The molecule has 2 heterocycles. The number of aromatic nitrogens is 5. The van der Waals surface area contributed by atoms with E-state index in [1.807, 2.05) is 30.3 Å². The second-order valence-electron chi connectivity index (χ2n) is 3.71. The van der Waals surface area contributed by atoms with Gasteiger partial charge >= 0.3 is 0 Å². The Hall–Kier alpha value is -2.70. The molecule has 0 unspecified atom stereocenters. The third-order valence-electron chi connectivity index (χ3n) is 2.34. The third-order valence-corrected chi connectivity index (χ3v) is 2.34. The highest BCUT2D eigenvalue weighted by molar-refractivity contribution is 5.51. The van der Waals surface area contributed by atoms with E-state index < -0.39 is 0 Å². The van der Waals surface area contributed by atoms with Crippen molar-refractivity contribution < 1.29 is 4.42 Å². The maximum atomic E-state index is 5.53. The molecule has 0 amide bonds. The molecule has 0 radical (unpaired) electrons. The molecule has 0 saturated heterocycles. The number of nitrogens with two attached hydrogens (primary N) is 1. The zero-order valence-electron chi connectivity index (χ0n) is 9.39. The van der Waals surface area contributed by atoms with Crippen LogP contribution in [-0.4, -0.2) is 25.2 Å². The minimum atomic E-state index is 0.351. The van der Waals surface area contributed by atoms with Crippen LogP contribution >= 0.6 is 0 Å². The molecule has 0 aliphatic heterocycles. The van der Waals surface area contributed by atoms with Gasteiger partial charge in [0.2, 0.25) is 11.8 Å². The van der Waals surface area contributed by atoms with Gasteiger partial charge in [0.25, 0.3) is 0 Å². The van der Waals surface area contributed by atoms with Crippen LogP contribution in [0.1, 0.15) is 5.89 Å². The predicted molar refractivity (Wildman–Crippen MR) is 63.3 cm³/mol. The van der Waals surface area contributed by atoms with Gasteiger partial charge in [0.1, 0.15) is 6.54 Å². The summed E-state index contributed by atoms with van der Waals surface area (Å²) >= 11 is 0. The second-order valence-corrected chi connectivity index (χ2v) is 3.71. The molecule has 90 valence electrons. The van der Waals surface area contributed by atoms with Crippen LogP contribution < -0.4 is 5.73 Å². The molecule has 0 aliphatic rings. The highest BCUT2D eigenvalue weighted by atomic mass is 16.4. The molecule has 0 fully saturated rings. The van der Waals surface area contributed by atoms with E-state index in [1.165, 1.54) is 4.68 Å². The first-order valence-electron chi connectivity index (χ1n) is 5.35. The van der Waals surface area contributed by atoms with Gasteiger partial charge < -0.3 is 10.2 Å². The first-order chi connectivity index (χ1) is 8.81. The summed E-state index contributed by atoms with van der Waals surface area (Å²) in [6, 6.07) is 9.57. The Morgan fingerprint density at radius 2 is 1.94 bits per heavy atom. The molecule has 0 bridgehead atoms. The van der Waals surface area contributed by atoms with Crippen LogP contribution in [0.3, 0.4) is 0 Å². The van der Waals surface area contributed by atoms with Gasteiger partial charge in [0, 0.05) is 5.56 Å². The molecule has 0 atom stereocenters. The molecule has 0 saturated carbocycles. The van der Waals surface area contributed by atoms with Crippen molar-refractivity contribution >= 4 is 5.82 Å². The fourth-order valence-electron chi connectivity index (χ4n) is 1.54. The van der Waals surface area contributed by atoms with Gasteiger partial charge in [-0.05, 0) is 12.1 Å². The van der Waals surface area contributed by atoms with Crippen molar-refractivity contribution in [3.8, 4) is 11.5 Å². The Morgan fingerprint density at radius 1 is 1.11 bits per heavy atom. The zero-order chi connectivity index (χ0) is 12.4. The monoisotopic (exact) mass is 242 g/mol. The maximum Gasteiger partial charge on any atom is 0.247 e. The van der Waals surface area contributed by atoms with E-state index in [4.69, 9.17) is 10.2 Å². The van der Waals surface area contributed by atoms with Crippen molar-refractivity contribution in [3.05, 3.63) is 42.4 Å². The Balaban J connectivity index is 1.82. The SMILES string of the molecule is Nc1cn(Cc2nnc(-c3ccccc3)o2)nn1. The van der Waals surface area contributed by atoms with Crippen molar-refractivity contribution in [2.24, 2.45) is 0 Å². The number of nitrogen functional groups attached to an aromatic ring is 1. The van der Waals surface area contributed by atoms with E-state index in [-0.39, 0.29) is 0 Å². The van der Waals surface area contributed by atoms with Gasteiger partial charge in [0.15, 0.2) is 5.82 Å². The lowest BCUT2D eigenvalue weighted by Gasteiger charge is -1.94. The Labute approximate surface area is 102 Å². The quantitative estimate of drug-likeness (QED) is 0.734. The maximum absolute atomic E-state index is 5.53. The smallest absolute Gasteiger partial charge is 0.247 e. The van der Waals surface area contributed by atoms with E-state index in [2.05, 4.69) is 20.5 Å². The molecular weight excluding hydrogens is 232 g/mol. The first kappa shape index (κ1) is 10.5. The lowest BCUT2D eigenvalue weighted by molar-refractivity contribution is 0.469. The highest BCUT2D eigenvalue weighted by Crippen LogP contribution is 2.17. The third kappa shape index (κ3) is 2.05. The summed E-state index contributed by atoms with van der Waals surface area (Å²) in [5, 5.41) is 15.4. The van der Waals surface area contributed by atoms with Gasteiger partial charge in [-0.15, -0.1) is 15.3 Å². The van der Waals surface area contributed by atoms with E-state index >= 15 is 0 Å². The van der Waals surface area contributed by atoms with E-state index in [1.54, 1.807) is 6.20 Å². The Bertz CT molecular complexity index is 644. The summed E-state index contributed by atoms with van der Waals surface area (Å²) in [5.74, 6) is 1.30. The number of benzene rings is 1. The first-order valence-corrected chi connectivity index (χ1v) is 5.35. The second kappa shape index (κ2) is 4.28. The fraction of sp³-hybridized carbons (Fsp3) is 0.0909. The summed E-state index contributed by atoms with van der Waals surface area (Å²) in [6.45, 7) is 0.351. The summed E-state index contributed by atoms with van der Waals surface area (Å²) in [7, 11) is 0. The standard InChI is InChI=1S/C11H10N6O/c12-9-6-17(16-13-9)7-10-14-15-11(18-10)8-4-2-1-3-5-8/h1-6H,7,12H2. The van der Waals surface area contributed by atoms with Crippen molar-refractivity contribution in [2.75, 3.05) is 5.73 Å². The Kier molecular flexibility index (Phi) is 2.49. The number of rotatable bonds is 3. The number of hydrogen-bond acceptors (Lipinski definition) is 6. The molecule has 3 rings (SSSR count). The van der Waals surface area contributed by atoms with Crippen LogP contribution in [0, 0.1) is 0 Å². The lowest BCUT2D eigenvalue weighted by atomic mass is 10.2. The molecular formula is C11H10N6O.